The van der Waals surface area contributed by atoms with Gasteiger partial charge in [-0.15, -0.1) is 0 Å². The molecular weight excluding hydrogens is 200 g/mol. The lowest BCUT2D eigenvalue weighted by Crippen LogP contribution is -2.31. The van der Waals surface area contributed by atoms with E-state index >= 15 is 0 Å². The van der Waals surface area contributed by atoms with Crippen molar-refractivity contribution in [3.63, 3.8) is 0 Å². The zero-order valence-electron chi connectivity index (χ0n) is 6.86. The number of cyclic esters (lactones) is 1. The fourth-order valence-electron chi connectivity index (χ4n) is 0.823. The molecule has 1 rings (SSSR count). The number of hydrogen-bond donors (Lipinski definition) is 6. The van der Waals surface area contributed by atoms with Gasteiger partial charge in [-0.2, -0.15) is 0 Å². The van der Waals surface area contributed by atoms with Crippen LogP contribution in [-0.4, -0.2) is 55.7 Å². The van der Waals surface area contributed by atoms with Crippen molar-refractivity contribution in [3.05, 3.63) is 11.5 Å². The van der Waals surface area contributed by atoms with Crippen molar-refractivity contribution in [2.24, 2.45) is 0 Å². The molecule has 0 aromatic heterocycles. The second-order valence-electron chi connectivity index (χ2n) is 2.31. The number of ether oxygens (including phenoxy) is 1. The molecule has 1 unspecified atom stereocenters. The summed E-state index contributed by atoms with van der Waals surface area (Å²) in [6.45, 7) is -0.671. The molecule has 1 aliphatic rings. The van der Waals surface area contributed by atoms with Gasteiger partial charge in [-0.1, -0.05) is 0 Å². The van der Waals surface area contributed by atoms with Crippen LogP contribution in [0.25, 0.3) is 0 Å². The first-order valence-electron chi connectivity index (χ1n) is 3.40. The molecule has 0 amide bonds. The van der Waals surface area contributed by atoms with E-state index in [1.54, 1.807) is 0 Å². The standard InChI is InChI=1S/C6H8O6.H2O2/c7-1-2(8)5-3(9)4(10)6(11)12-5;1-2/h2,5,7-10H,1H2;1-2H/t2?,5-;/m1./s1. The maximum Gasteiger partial charge on any atom is 0.377 e. The number of aliphatic hydroxyl groups excluding tert-OH is 4. The van der Waals surface area contributed by atoms with Crippen molar-refractivity contribution in [1.29, 1.82) is 0 Å². The van der Waals surface area contributed by atoms with Crippen LogP contribution in [0.1, 0.15) is 0 Å². The van der Waals surface area contributed by atoms with Crippen molar-refractivity contribution in [1.82, 2.24) is 0 Å². The third kappa shape index (κ3) is 2.33. The fourth-order valence-corrected chi connectivity index (χ4v) is 0.823. The molecular formula is C6H10O8. The van der Waals surface area contributed by atoms with Gasteiger partial charge in [0.1, 0.15) is 6.10 Å². The zero-order valence-corrected chi connectivity index (χ0v) is 6.86. The van der Waals surface area contributed by atoms with E-state index in [-0.39, 0.29) is 0 Å². The van der Waals surface area contributed by atoms with Gasteiger partial charge < -0.3 is 25.2 Å². The predicted molar refractivity (Wildman–Crippen MR) is 40.5 cm³/mol. The van der Waals surface area contributed by atoms with E-state index in [0.29, 0.717) is 0 Å². The summed E-state index contributed by atoms with van der Waals surface area (Å²) in [6.07, 6.45) is -2.78. The molecule has 0 radical (unpaired) electrons. The highest BCUT2D eigenvalue weighted by atomic mass is 17.0. The summed E-state index contributed by atoms with van der Waals surface area (Å²) < 4.78 is 4.32. The van der Waals surface area contributed by atoms with Gasteiger partial charge in [-0.3, -0.25) is 10.5 Å². The van der Waals surface area contributed by atoms with Crippen LogP contribution in [0, 0.1) is 0 Å². The molecule has 6 N–H and O–H groups in total. The lowest BCUT2D eigenvalue weighted by atomic mass is 10.2. The molecule has 8 nitrogen and oxygen atoms in total. The smallest absolute Gasteiger partial charge is 0.377 e. The summed E-state index contributed by atoms with van der Waals surface area (Å²) in [5, 5.41) is 47.0. The Balaban J connectivity index is 0.000000791. The first kappa shape index (κ1) is 12.7. The molecule has 1 aliphatic heterocycles. The first-order valence-corrected chi connectivity index (χ1v) is 3.40. The van der Waals surface area contributed by atoms with Gasteiger partial charge in [0.2, 0.25) is 5.76 Å². The van der Waals surface area contributed by atoms with Crippen LogP contribution >= 0.6 is 0 Å². The van der Waals surface area contributed by atoms with Crippen molar-refractivity contribution in [3.8, 4) is 0 Å². The molecule has 2 atom stereocenters. The molecule has 0 aromatic carbocycles. The van der Waals surface area contributed by atoms with Crippen LogP contribution in [-0.2, 0) is 9.53 Å². The Bertz CT molecular complexity index is 234. The van der Waals surface area contributed by atoms with Crippen molar-refractivity contribution < 1.29 is 40.5 Å². The highest BCUT2D eigenvalue weighted by molar-refractivity contribution is 5.89. The number of esters is 1. The average Bonchev–Trinajstić information content (AvgIpc) is 2.48. The van der Waals surface area contributed by atoms with E-state index in [1.807, 2.05) is 0 Å². The van der Waals surface area contributed by atoms with Crippen molar-refractivity contribution in [2.75, 3.05) is 6.61 Å². The molecule has 0 saturated carbocycles. The Morgan fingerprint density at radius 1 is 1.36 bits per heavy atom. The highest BCUT2D eigenvalue weighted by Crippen LogP contribution is 2.20. The van der Waals surface area contributed by atoms with E-state index in [2.05, 4.69) is 4.74 Å². The van der Waals surface area contributed by atoms with Gasteiger partial charge in [-0.25, -0.2) is 4.79 Å². The Labute approximate surface area is 77.8 Å². The van der Waals surface area contributed by atoms with Gasteiger partial charge in [0.15, 0.2) is 11.9 Å². The molecule has 0 aliphatic carbocycles. The molecule has 0 fully saturated rings. The SMILES string of the molecule is O=C1O[C@H](C(O)CO)C(O)=C1O.OO. The topological polar surface area (TPSA) is 148 Å². The summed E-state index contributed by atoms with van der Waals surface area (Å²) in [6, 6.07) is 0. The quantitative estimate of drug-likeness (QED) is 0.185. The fraction of sp³-hybridized carbons (Fsp3) is 0.500. The normalized spacial score (nSPS) is 22.6. The van der Waals surface area contributed by atoms with Gasteiger partial charge in [0, 0.05) is 0 Å². The van der Waals surface area contributed by atoms with Gasteiger partial charge >= 0.3 is 5.97 Å². The van der Waals surface area contributed by atoms with Crippen LogP contribution < -0.4 is 0 Å². The lowest BCUT2D eigenvalue weighted by molar-refractivity contribution is -0.176. The largest absolute Gasteiger partial charge is 0.505 e. The lowest BCUT2D eigenvalue weighted by Gasteiger charge is -2.13. The van der Waals surface area contributed by atoms with Crippen molar-refractivity contribution in [2.45, 2.75) is 12.2 Å². The number of rotatable bonds is 2. The maximum atomic E-state index is 10.5. The van der Waals surface area contributed by atoms with Crippen LogP contribution in [0.2, 0.25) is 0 Å². The number of carbonyl (C=O) groups is 1. The molecule has 82 valence electrons. The highest BCUT2D eigenvalue weighted by Gasteiger charge is 2.38. The van der Waals surface area contributed by atoms with E-state index in [0.717, 1.165) is 0 Å². The van der Waals surface area contributed by atoms with E-state index in [9.17, 15) is 4.79 Å². The number of carbonyl (C=O) groups excluding carboxylic acids is 1. The Hall–Kier alpha value is -1.35. The molecule has 0 spiro atoms. The van der Waals surface area contributed by atoms with E-state index in [1.165, 1.54) is 0 Å². The molecule has 14 heavy (non-hydrogen) atoms. The van der Waals surface area contributed by atoms with Crippen molar-refractivity contribution >= 4 is 5.97 Å². The Kier molecular flexibility index (Phi) is 4.87. The summed E-state index contributed by atoms with van der Waals surface area (Å²) >= 11 is 0. The van der Waals surface area contributed by atoms with Crippen LogP contribution in [0.3, 0.4) is 0 Å². The summed E-state index contributed by atoms with van der Waals surface area (Å²) in [7, 11) is 0. The third-order valence-corrected chi connectivity index (χ3v) is 1.48. The minimum absolute atomic E-state index is 0.671. The third-order valence-electron chi connectivity index (χ3n) is 1.48. The predicted octanol–water partition coefficient (Wildman–Crippen LogP) is -1.39. The Morgan fingerprint density at radius 2 is 1.86 bits per heavy atom. The second-order valence-corrected chi connectivity index (χ2v) is 2.31. The van der Waals surface area contributed by atoms with E-state index < -0.39 is 36.3 Å². The van der Waals surface area contributed by atoms with Gasteiger partial charge in [-0.05, 0) is 0 Å². The van der Waals surface area contributed by atoms with E-state index in [4.69, 9.17) is 30.9 Å². The molecule has 8 heteroatoms. The summed E-state index contributed by atoms with van der Waals surface area (Å²) in [5.74, 6) is -2.78. The molecule has 0 bridgehead atoms. The zero-order chi connectivity index (χ0) is 11.3. The Morgan fingerprint density at radius 3 is 2.14 bits per heavy atom. The monoisotopic (exact) mass is 210 g/mol. The molecule has 1 heterocycles. The minimum atomic E-state index is -1.42. The number of aliphatic hydroxyl groups is 4. The number of hydrogen-bond acceptors (Lipinski definition) is 8. The molecule has 0 aromatic rings. The van der Waals surface area contributed by atoms with Gasteiger partial charge in [0.05, 0.1) is 6.61 Å². The summed E-state index contributed by atoms with van der Waals surface area (Å²) in [5.41, 5.74) is 0. The van der Waals surface area contributed by atoms with Crippen LogP contribution in [0.15, 0.2) is 11.5 Å². The average molecular weight is 210 g/mol. The van der Waals surface area contributed by atoms with Gasteiger partial charge in [0.25, 0.3) is 0 Å². The molecule has 0 saturated heterocycles. The van der Waals surface area contributed by atoms with Crippen LogP contribution in [0.5, 0.6) is 0 Å². The minimum Gasteiger partial charge on any atom is -0.505 e. The maximum absolute atomic E-state index is 10.5. The summed E-state index contributed by atoms with van der Waals surface area (Å²) in [4.78, 5) is 10.5. The second kappa shape index (κ2) is 5.40. The first-order chi connectivity index (χ1) is 6.57. The van der Waals surface area contributed by atoms with Crippen LogP contribution in [0.4, 0.5) is 0 Å².